The maximum absolute atomic E-state index is 13.6. The molecule has 2 aliphatic heterocycles. The van der Waals surface area contributed by atoms with Crippen molar-refractivity contribution < 1.29 is 45.3 Å². The molecule has 146 valence electrons. The molecule has 6 heteroatoms. The zero-order valence-electron chi connectivity index (χ0n) is 17.8. The van der Waals surface area contributed by atoms with Crippen LogP contribution >= 0.6 is 0 Å². The van der Waals surface area contributed by atoms with Gasteiger partial charge in [-0.15, -0.1) is 0 Å². The number of hydrogen-bond acceptors (Lipinski definition) is 5. The van der Waals surface area contributed by atoms with Gasteiger partial charge in [-0.1, -0.05) is 36.4 Å². The predicted octanol–water partition coefficient (Wildman–Crippen LogP) is 3.73. The number of rotatable bonds is 2. The second kappa shape index (κ2) is 7.78. The summed E-state index contributed by atoms with van der Waals surface area (Å²) >= 11 is 0. The average molecular weight is 416 g/mol. The first-order chi connectivity index (χ1) is 14.8. The fraction of sp³-hybridized carbons (Fsp3) is 0. The number of anilines is 4. The van der Waals surface area contributed by atoms with E-state index in [-0.39, 0.29) is 36.8 Å². The van der Waals surface area contributed by atoms with E-state index in [1.165, 1.54) is 0 Å². The molecule has 0 saturated heterocycles. The predicted molar refractivity (Wildman–Crippen MR) is 117 cm³/mol. The summed E-state index contributed by atoms with van der Waals surface area (Å²) in [6.07, 6.45) is 0. The van der Waals surface area contributed by atoms with Crippen molar-refractivity contribution in [1.29, 1.82) is 0 Å². The van der Waals surface area contributed by atoms with Gasteiger partial charge in [0.15, 0.2) is 28.8 Å². The first-order valence-corrected chi connectivity index (χ1v) is 9.66. The molecule has 2 aliphatic rings. The van der Waals surface area contributed by atoms with Gasteiger partial charge in [0.1, 0.15) is 0 Å². The van der Waals surface area contributed by atoms with Gasteiger partial charge in [-0.25, -0.2) is 0 Å². The van der Waals surface area contributed by atoms with Crippen LogP contribution in [0.3, 0.4) is 0 Å². The van der Waals surface area contributed by atoms with Crippen molar-refractivity contribution in [3.8, 4) is 23.0 Å². The molecule has 6 rings (SSSR count). The van der Waals surface area contributed by atoms with E-state index >= 15 is 0 Å². The van der Waals surface area contributed by atoms with Crippen LogP contribution in [0.2, 0.25) is 0 Å². The van der Waals surface area contributed by atoms with Gasteiger partial charge >= 0.3 is 29.6 Å². The Morgan fingerprint density at radius 1 is 0.581 bits per heavy atom. The van der Waals surface area contributed by atoms with Gasteiger partial charge < -0.3 is 21.5 Å². The summed E-state index contributed by atoms with van der Waals surface area (Å²) in [4.78, 5) is 13.6. The number of carbonyl (C=O) groups excluding carboxylic acids is 1. The number of hydrogen-bond donors (Lipinski definition) is 2. The molecule has 4 aromatic carbocycles. The van der Waals surface area contributed by atoms with Gasteiger partial charge in [-0.3, -0.25) is 4.79 Å². The summed E-state index contributed by atoms with van der Waals surface area (Å²) in [6.45, 7) is 0. The molecular weight excluding hydrogens is 399 g/mol. The second-order valence-corrected chi connectivity index (χ2v) is 7.13. The Bertz CT molecular complexity index is 1240. The molecule has 0 atom stereocenters. The van der Waals surface area contributed by atoms with Crippen molar-refractivity contribution in [2.24, 2.45) is 0 Å². The monoisotopic (exact) mass is 416 g/mol. The number of ketones is 1. The number of para-hydroxylation sites is 6. The molecule has 0 saturated carbocycles. The Morgan fingerprint density at radius 2 is 1.00 bits per heavy atom. The van der Waals surface area contributed by atoms with E-state index in [0.29, 0.717) is 34.0 Å². The molecule has 0 aromatic heterocycles. The van der Waals surface area contributed by atoms with Crippen LogP contribution in [0.1, 0.15) is 17.3 Å². The Kier molecular flexibility index (Phi) is 4.94. The molecule has 0 radical (unpaired) electrons. The third-order valence-corrected chi connectivity index (χ3v) is 5.27. The Labute approximate surface area is 202 Å². The number of benzene rings is 4. The van der Waals surface area contributed by atoms with Crippen molar-refractivity contribution >= 4 is 28.5 Å². The molecule has 31 heavy (non-hydrogen) atoms. The van der Waals surface area contributed by atoms with Crippen LogP contribution < -0.4 is 49.7 Å². The molecule has 2 heterocycles. The summed E-state index contributed by atoms with van der Waals surface area (Å²) in [7, 11) is 0. The molecule has 0 bridgehead atoms. The van der Waals surface area contributed by atoms with Crippen molar-refractivity contribution in [2.45, 2.75) is 0 Å². The minimum Gasteiger partial charge on any atom is -1.00 e. The molecule has 0 fully saturated rings. The summed E-state index contributed by atoms with van der Waals surface area (Å²) in [5, 5.41) is 6.72. The number of ether oxygens (including phenoxy) is 2. The topological polar surface area (TPSA) is 59.6 Å². The van der Waals surface area contributed by atoms with Crippen LogP contribution in [0.5, 0.6) is 23.0 Å². The molecule has 0 spiro atoms. The van der Waals surface area contributed by atoms with Crippen molar-refractivity contribution in [1.82, 2.24) is 0 Å². The van der Waals surface area contributed by atoms with Gasteiger partial charge in [-0.05, 0) is 48.5 Å². The van der Waals surface area contributed by atoms with E-state index in [2.05, 4.69) is 10.6 Å². The smallest absolute Gasteiger partial charge is 1.00 e. The summed E-state index contributed by atoms with van der Waals surface area (Å²) in [5.41, 5.74) is 4.06. The Balaban J connectivity index is 0.00000122. The fourth-order valence-electron chi connectivity index (χ4n) is 3.84. The van der Waals surface area contributed by atoms with E-state index in [4.69, 9.17) is 9.47 Å². The van der Waals surface area contributed by atoms with E-state index in [1.54, 1.807) is 0 Å². The van der Waals surface area contributed by atoms with Gasteiger partial charge in [0.05, 0.1) is 22.7 Å². The molecule has 0 amide bonds. The number of nitrogens with one attached hydrogen (secondary N) is 2. The third-order valence-electron chi connectivity index (χ3n) is 5.27. The van der Waals surface area contributed by atoms with Gasteiger partial charge in [-0.2, -0.15) is 0 Å². The number of carbonyl (C=O) groups is 1. The van der Waals surface area contributed by atoms with Crippen LogP contribution in [-0.2, 0) is 0 Å². The first kappa shape index (κ1) is 19.7. The van der Waals surface area contributed by atoms with Gasteiger partial charge in [0.2, 0.25) is 0 Å². The zero-order chi connectivity index (χ0) is 20.1. The average Bonchev–Trinajstić information content (AvgIpc) is 2.80. The SMILES string of the molecule is O=C(c1cccc2c1Nc1ccccc1O2)c1cccc2c1Nc1ccccc1O2.[H-].[Na+]. The minimum absolute atomic E-state index is 0. The van der Waals surface area contributed by atoms with Crippen molar-refractivity contribution in [2.75, 3.05) is 10.6 Å². The normalized spacial score (nSPS) is 12.1. The van der Waals surface area contributed by atoms with Crippen LogP contribution in [0.15, 0.2) is 84.9 Å². The maximum Gasteiger partial charge on any atom is 1.00 e. The van der Waals surface area contributed by atoms with Crippen LogP contribution in [0.4, 0.5) is 22.7 Å². The maximum atomic E-state index is 13.6. The van der Waals surface area contributed by atoms with Crippen LogP contribution in [-0.4, -0.2) is 5.78 Å². The summed E-state index contributed by atoms with van der Waals surface area (Å²) < 4.78 is 12.0. The van der Waals surface area contributed by atoms with E-state index in [9.17, 15) is 4.79 Å². The fourth-order valence-corrected chi connectivity index (χ4v) is 3.84. The van der Waals surface area contributed by atoms with E-state index in [0.717, 1.165) is 22.9 Å². The van der Waals surface area contributed by atoms with Crippen molar-refractivity contribution in [3.05, 3.63) is 96.1 Å². The summed E-state index contributed by atoms with van der Waals surface area (Å²) in [5.74, 6) is 2.60. The van der Waals surface area contributed by atoms with Crippen LogP contribution in [0.25, 0.3) is 0 Å². The molecule has 0 unspecified atom stereocenters. The standard InChI is InChI=1S/C25H16N2O3.Na.H/c28-25(15-7-5-13-21-23(15)26-17-9-1-3-11-19(17)29-21)16-8-6-14-22-24(16)27-18-10-2-4-12-20(18)30-22;;/h1-14,26-27H;;/q;+1;-1. The summed E-state index contributed by atoms with van der Waals surface area (Å²) in [6, 6.07) is 26.3. The van der Waals surface area contributed by atoms with Gasteiger partial charge in [0, 0.05) is 11.1 Å². The number of fused-ring (bicyclic) bond motifs is 4. The van der Waals surface area contributed by atoms with Gasteiger partial charge in [0.25, 0.3) is 0 Å². The minimum atomic E-state index is -0.116. The zero-order valence-corrected chi connectivity index (χ0v) is 18.8. The molecule has 0 aliphatic carbocycles. The first-order valence-electron chi connectivity index (χ1n) is 9.66. The quantitative estimate of drug-likeness (QED) is 0.333. The van der Waals surface area contributed by atoms with Crippen LogP contribution in [0, 0.1) is 0 Å². The third kappa shape index (κ3) is 3.27. The van der Waals surface area contributed by atoms with E-state index in [1.807, 2.05) is 84.9 Å². The Morgan fingerprint density at radius 3 is 1.48 bits per heavy atom. The molecule has 2 N–H and O–H groups in total. The van der Waals surface area contributed by atoms with E-state index < -0.39 is 0 Å². The molecule has 5 nitrogen and oxygen atoms in total. The molecular formula is C25H17N2NaO3. The molecule has 4 aromatic rings. The Hall–Kier alpha value is -3.25. The second-order valence-electron chi connectivity index (χ2n) is 7.13. The van der Waals surface area contributed by atoms with Crippen molar-refractivity contribution in [3.63, 3.8) is 0 Å². The largest absolute Gasteiger partial charge is 1.00 e.